The van der Waals surface area contributed by atoms with Crippen molar-refractivity contribution < 1.29 is 34.7 Å². The molecule has 0 radical (unpaired) electrons. The van der Waals surface area contributed by atoms with Crippen molar-refractivity contribution in [2.24, 2.45) is 5.92 Å². The predicted molar refractivity (Wildman–Crippen MR) is 124 cm³/mol. The van der Waals surface area contributed by atoms with Crippen molar-refractivity contribution in [3.63, 3.8) is 0 Å². The summed E-state index contributed by atoms with van der Waals surface area (Å²) >= 11 is 0. The van der Waals surface area contributed by atoms with Crippen LogP contribution in [0.2, 0.25) is 0 Å². The molecule has 0 spiro atoms. The molecule has 2 aliphatic rings. The highest BCUT2D eigenvalue weighted by atomic mass is 16.7. The summed E-state index contributed by atoms with van der Waals surface area (Å²) in [4.78, 5) is 12.0. The highest BCUT2D eigenvalue weighted by Gasteiger charge is 2.56. The van der Waals surface area contributed by atoms with Gasteiger partial charge in [0, 0.05) is 18.5 Å². The van der Waals surface area contributed by atoms with E-state index in [0.29, 0.717) is 16.9 Å². The van der Waals surface area contributed by atoms with Crippen molar-refractivity contribution in [1.29, 1.82) is 0 Å². The van der Waals surface area contributed by atoms with Crippen molar-refractivity contribution in [1.82, 2.24) is 5.32 Å². The van der Waals surface area contributed by atoms with Crippen LogP contribution in [0.4, 0.5) is 0 Å². The Morgan fingerprint density at radius 3 is 2.59 bits per heavy atom. The van der Waals surface area contributed by atoms with Gasteiger partial charge in [-0.15, -0.1) is 0 Å². The zero-order chi connectivity index (χ0) is 24.5. The van der Waals surface area contributed by atoms with Crippen LogP contribution in [0.3, 0.4) is 0 Å². The molecule has 1 heterocycles. The van der Waals surface area contributed by atoms with Crippen LogP contribution >= 0.6 is 0 Å². The van der Waals surface area contributed by atoms with Gasteiger partial charge >= 0.3 is 0 Å². The zero-order valence-electron chi connectivity index (χ0n) is 19.1. The molecule has 180 valence electrons. The topological polar surface area (TPSA) is 128 Å². The summed E-state index contributed by atoms with van der Waals surface area (Å²) < 4.78 is 11.6. The number of carbonyl (C=O) groups is 1. The molecule has 34 heavy (non-hydrogen) atoms. The number of benzene rings is 2. The molecule has 1 aliphatic carbocycles. The van der Waals surface area contributed by atoms with Crippen LogP contribution < -0.4 is 10.1 Å². The summed E-state index contributed by atoms with van der Waals surface area (Å²) in [6.45, 7) is 1.25. The Balaban J connectivity index is 1.61. The van der Waals surface area contributed by atoms with E-state index in [4.69, 9.17) is 9.47 Å². The number of carbonyl (C=O) groups excluding carboxylic acids is 1. The number of hydrogen-bond donors (Lipinski definition) is 5. The summed E-state index contributed by atoms with van der Waals surface area (Å²) in [6.07, 6.45) is -3.98. The molecule has 2 fully saturated rings. The Hall–Kier alpha value is -2.93. The number of hydrogen-bond acceptors (Lipinski definition) is 7. The molecule has 2 aromatic carbocycles. The van der Waals surface area contributed by atoms with Crippen LogP contribution in [-0.2, 0) is 4.74 Å². The average molecular weight is 468 g/mol. The van der Waals surface area contributed by atoms with E-state index >= 15 is 0 Å². The Kier molecular flexibility index (Phi) is 6.94. The van der Waals surface area contributed by atoms with Crippen LogP contribution in [0.25, 0.3) is 11.1 Å². The normalized spacial score (nSPS) is 28.5. The smallest absolute Gasteiger partial charge is 0.251 e. The van der Waals surface area contributed by atoms with E-state index in [0.717, 1.165) is 24.0 Å². The van der Waals surface area contributed by atoms with Gasteiger partial charge in [-0.2, -0.15) is 0 Å². The number of aliphatic hydroxyl groups excluding tert-OH is 3. The lowest BCUT2D eigenvalue weighted by Gasteiger charge is -2.45. The highest BCUT2D eigenvalue weighted by Crippen LogP contribution is 2.35. The Labute approximate surface area is 198 Å². The van der Waals surface area contributed by atoms with Gasteiger partial charge in [0.25, 0.3) is 5.91 Å². The number of ether oxygens (including phenoxy) is 2. The molecule has 4 rings (SSSR count). The average Bonchev–Trinajstić information content (AvgIpc) is 3.68. The second-order valence-electron chi connectivity index (χ2n) is 8.75. The minimum absolute atomic E-state index is 0.135. The third kappa shape index (κ3) is 4.80. The predicted octanol–water partition coefficient (Wildman–Crippen LogP) is 0.984. The fourth-order valence-electron chi connectivity index (χ4n) is 3.85. The van der Waals surface area contributed by atoms with E-state index in [2.05, 4.69) is 17.2 Å². The summed E-state index contributed by atoms with van der Waals surface area (Å²) in [5.41, 5.74) is 0.768. The molecule has 0 bridgehead atoms. The van der Waals surface area contributed by atoms with Gasteiger partial charge in [-0.05, 0) is 60.7 Å². The quantitative estimate of drug-likeness (QED) is 0.415. The number of aliphatic hydroxyl groups is 4. The first kappa shape index (κ1) is 24.2. The highest BCUT2D eigenvalue weighted by molar-refractivity contribution is 5.95. The van der Waals surface area contributed by atoms with Gasteiger partial charge in [0.1, 0.15) is 24.1 Å². The van der Waals surface area contributed by atoms with Gasteiger partial charge in [0.2, 0.25) is 11.9 Å². The molecular formula is C26H29NO7. The van der Waals surface area contributed by atoms with E-state index in [9.17, 15) is 25.2 Å². The molecule has 8 nitrogen and oxygen atoms in total. The SMILES string of the molecule is CNC(=O)c1cccc(-c2ccc(O[C@H]3O[C@H](CO)[C@@H](O)[C@H](O)[C@@]3(O)C#CC3CC3)c(C)c2)c1. The largest absolute Gasteiger partial charge is 0.460 e. The lowest BCUT2D eigenvalue weighted by molar-refractivity contribution is -0.301. The van der Waals surface area contributed by atoms with Crippen molar-refractivity contribution >= 4 is 5.91 Å². The Bertz CT molecular complexity index is 1120. The summed E-state index contributed by atoms with van der Waals surface area (Å²) in [7, 11) is 1.58. The monoisotopic (exact) mass is 467 g/mol. The summed E-state index contributed by atoms with van der Waals surface area (Å²) in [5.74, 6) is 5.90. The van der Waals surface area contributed by atoms with E-state index < -0.39 is 36.8 Å². The molecule has 2 aromatic rings. The van der Waals surface area contributed by atoms with Gasteiger partial charge in [-0.25, -0.2) is 0 Å². The second kappa shape index (κ2) is 9.74. The van der Waals surface area contributed by atoms with E-state index in [1.165, 1.54) is 0 Å². The van der Waals surface area contributed by atoms with Gasteiger partial charge in [-0.3, -0.25) is 4.79 Å². The third-order valence-electron chi connectivity index (χ3n) is 6.14. The molecule has 1 saturated heterocycles. The Morgan fingerprint density at radius 1 is 1.21 bits per heavy atom. The molecule has 1 aliphatic heterocycles. The number of aryl methyl sites for hydroxylation is 1. The van der Waals surface area contributed by atoms with Crippen LogP contribution in [0.1, 0.15) is 28.8 Å². The number of amides is 1. The van der Waals surface area contributed by atoms with Crippen molar-refractivity contribution in [2.75, 3.05) is 13.7 Å². The maximum atomic E-state index is 12.0. The van der Waals surface area contributed by atoms with Gasteiger partial charge < -0.3 is 35.2 Å². The van der Waals surface area contributed by atoms with Crippen molar-refractivity contribution in [3.8, 4) is 28.7 Å². The number of nitrogens with one attached hydrogen (secondary N) is 1. The standard InChI is InChI=1S/C26H29NO7/c1-15-12-18(17-4-3-5-19(13-17)24(31)27-2)8-9-20(15)33-25-26(32,11-10-16-6-7-16)23(30)22(29)21(14-28)34-25/h3-5,8-9,12-13,16,21-23,25,28-30,32H,6-7,14H2,1-2H3,(H,27,31)/t21-,22-,23+,25+,26+/m1/s1. The lowest BCUT2D eigenvalue weighted by Crippen LogP contribution is -2.67. The fraction of sp³-hybridized carbons (Fsp3) is 0.423. The van der Waals surface area contributed by atoms with Crippen LogP contribution in [0, 0.1) is 24.7 Å². The third-order valence-corrected chi connectivity index (χ3v) is 6.14. The molecule has 5 atom stereocenters. The lowest BCUT2D eigenvalue weighted by atomic mass is 9.86. The molecular weight excluding hydrogens is 438 g/mol. The summed E-state index contributed by atoms with van der Waals surface area (Å²) in [5, 5.41) is 44.3. The van der Waals surface area contributed by atoms with E-state index in [1.807, 2.05) is 19.1 Å². The van der Waals surface area contributed by atoms with E-state index in [-0.39, 0.29) is 11.8 Å². The first-order valence-electron chi connectivity index (χ1n) is 11.2. The summed E-state index contributed by atoms with van der Waals surface area (Å²) in [6, 6.07) is 12.6. The minimum Gasteiger partial charge on any atom is -0.460 e. The van der Waals surface area contributed by atoms with Crippen LogP contribution in [0.5, 0.6) is 5.75 Å². The molecule has 0 unspecified atom stereocenters. The fourth-order valence-corrected chi connectivity index (χ4v) is 3.85. The van der Waals surface area contributed by atoms with Crippen LogP contribution in [-0.4, -0.2) is 70.2 Å². The zero-order valence-corrected chi connectivity index (χ0v) is 19.1. The van der Waals surface area contributed by atoms with Crippen molar-refractivity contribution in [3.05, 3.63) is 53.6 Å². The molecule has 1 saturated carbocycles. The van der Waals surface area contributed by atoms with Crippen molar-refractivity contribution in [2.45, 2.75) is 50.0 Å². The second-order valence-corrected chi connectivity index (χ2v) is 8.75. The molecule has 1 amide bonds. The molecule has 8 heteroatoms. The Morgan fingerprint density at radius 2 is 1.94 bits per heavy atom. The van der Waals surface area contributed by atoms with Gasteiger partial charge in [0.15, 0.2) is 0 Å². The maximum Gasteiger partial charge on any atom is 0.251 e. The minimum atomic E-state index is -2.18. The first-order valence-corrected chi connectivity index (χ1v) is 11.2. The first-order chi connectivity index (χ1) is 16.3. The molecule has 5 N–H and O–H groups in total. The molecule has 0 aromatic heterocycles. The maximum absolute atomic E-state index is 12.0. The van der Waals surface area contributed by atoms with Gasteiger partial charge in [0.05, 0.1) is 6.61 Å². The van der Waals surface area contributed by atoms with Gasteiger partial charge in [-0.1, -0.05) is 30.0 Å². The van der Waals surface area contributed by atoms with E-state index in [1.54, 1.807) is 37.4 Å². The number of rotatable bonds is 5. The van der Waals surface area contributed by atoms with Crippen LogP contribution in [0.15, 0.2) is 42.5 Å².